The van der Waals surface area contributed by atoms with Crippen LogP contribution in [0.4, 0.5) is 4.39 Å². The molecule has 2 rings (SSSR count). The molecule has 0 fully saturated rings. The van der Waals surface area contributed by atoms with E-state index in [0.29, 0.717) is 6.42 Å². The fraction of sp³-hybridized carbons (Fsp3) is 0.231. The lowest BCUT2D eigenvalue weighted by Gasteiger charge is -2.10. The maximum atomic E-state index is 13.5. The molecule has 0 radical (unpaired) electrons. The molecule has 1 aromatic heterocycles. The van der Waals surface area contributed by atoms with Crippen LogP contribution in [0.15, 0.2) is 41.2 Å². The molecule has 4 heteroatoms. The van der Waals surface area contributed by atoms with Gasteiger partial charge in [-0.1, -0.05) is 6.07 Å². The molecular formula is C13H14FNO2. The Kier molecular flexibility index (Phi) is 3.44. The molecule has 1 aromatic carbocycles. The van der Waals surface area contributed by atoms with Gasteiger partial charge in [0.15, 0.2) is 11.6 Å². The molecule has 2 aromatic rings. The van der Waals surface area contributed by atoms with Gasteiger partial charge in [0.25, 0.3) is 0 Å². The summed E-state index contributed by atoms with van der Waals surface area (Å²) in [5, 5.41) is 0. The molecule has 0 spiro atoms. The number of ether oxygens (including phenoxy) is 1. The van der Waals surface area contributed by atoms with Crippen molar-refractivity contribution in [3.63, 3.8) is 0 Å². The lowest BCUT2D eigenvalue weighted by atomic mass is 10.0. The van der Waals surface area contributed by atoms with Crippen LogP contribution in [0, 0.1) is 5.82 Å². The molecule has 0 bridgehead atoms. The van der Waals surface area contributed by atoms with E-state index < -0.39 is 0 Å². The van der Waals surface area contributed by atoms with Gasteiger partial charge in [-0.25, -0.2) is 4.39 Å². The molecule has 90 valence electrons. The molecule has 3 nitrogen and oxygen atoms in total. The minimum atomic E-state index is -0.371. The SMILES string of the molecule is COc1ccc(CC(N)c2ccoc2)cc1F. The number of rotatable bonds is 4. The van der Waals surface area contributed by atoms with E-state index in [1.807, 2.05) is 12.1 Å². The van der Waals surface area contributed by atoms with Crippen molar-refractivity contribution in [2.75, 3.05) is 7.11 Å². The zero-order chi connectivity index (χ0) is 12.3. The summed E-state index contributed by atoms with van der Waals surface area (Å²) in [5.41, 5.74) is 7.71. The lowest BCUT2D eigenvalue weighted by Crippen LogP contribution is -2.12. The summed E-state index contributed by atoms with van der Waals surface area (Å²) in [5.74, 6) is -0.130. The van der Waals surface area contributed by atoms with Crippen LogP contribution in [0.2, 0.25) is 0 Å². The van der Waals surface area contributed by atoms with E-state index >= 15 is 0 Å². The summed E-state index contributed by atoms with van der Waals surface area (Å²) in [6.45, 7) is 0. The van der Waals surface area contributed by atoms with Crippen LogP contribution < -0.4 is 10.5 Å². The number of hydrogen-bond donors (Lipinski definition) is 1. The van der Waals surface area contributed by atoms with Crippen molar-refractivity contribution in [2.45, 2.75) is 12.5 Å². The molecule has 1 heterocycles. The Balaban J connectivity index is 2.11. The highest BCUT2D eigenvalue weighted by Crippen LogP contribution is 2.21. The number of halogens is 1. The summed E-state index contributed by atoms with van der Waals surface area (Å²) in [7, 11) is 1.44. The van der Waals surface area contributed by atoms with Gasteiger partial charge >= 0.3 is 0 Å². The average Bonchev–Trinajstić information content (AvgIpc) is 2.82. The van der Waals surface area contributed by atoms with E-state index in [-0.39, 0.29) is 17.6 Å². The zero-order valence-corrected chi connectivity index (χ0v) is 9.52. The zero-order valence-electron chi connectivity index (χ0n) is 9.52. The quantitative estimate of drug-likeness (QED) is 0.886. The molecule has 17 heavy (non-hydrogen) atoms. The van der Waals surface area contributed by atoms with Crippen LogP contribution in [0.5, 0.6) is 5.75 Å². The van der Waals surface area contributed by atoms with Crippen molar-refractivity contribution in [3.05, 3.63) is 53.7 Å². The Morgan fingerprint density at radius 2 is 2.24 bits per heavy atom. The Labute approximate surface area is 99.0 Å². The predicted octanol–water partition coefficient (Wildman–Crippen LogP) is 2.67. The molecular weight excluding hydrogens is 221 g/mol. The molecule has 0 saturated carbocycles. The van der Waals surface area contributed by atoms with Crippen LogP contribution in [0.1, 0.15) is 17.2 Å². The van der Waals surface area contributed by atoms with Gasteiger partial charge in [0.1, 0.15) is 0 Å². The van der Waals surface area contributed by atoms with E-state index in [0.717, 1.165) is 11.1 Å². The Bertz CT molecular complexity index is 482. The topological polar surface area (TPSA) is 48.4 Å². The lowest BCUT2D eigenvalue weighted by molar-refractivity contribution is 0.386. The second-order valence-electron chi connectivity index (χ2n) is 3.84. The third kappa shape index (κ3) is 2.65. The van der Waals surface area contributed by atoms with Gasteiger partial charge in [-0.2, -0.15) is 0 Å². The maximum absolute atomic E-state index is 13.5. The first-order valence-corrected chi connectivity index (χ1v) is 5.31. The van der Waals surface area contributed by atoms with Crippen molar-refractivity contribution in [1.29, 1.82) is 0 Å². The first-order valence-electron chi connectivity index (χ1n) is 5.31. The Morgan fingerprint density at radius 3 is 2.82 bits per heavy atom. The minimum Gasteiger partial charge on any atom is -0.494 e. The molecule has 1 unspecified atom stereocenters. The number of nitrogens with two attached hydrogens (primary N) is 1. The summed E-state index contributed by atoms with van der Waals surface area (Å²) < 4.78 is 23.3. The van der Waals surface area contributed by atoms with E-state index in [4.69, 9.17) is 14.9 Å². The maximum Gasteiger partial charge on any atom is 0.165 e. The third-order valence-electron chi connectivity index (χ3n) is 2.64. The Morgan fingerprint density at radius 1 is 1.41 bits per heavy atom. The largest absolute Gasteiger partial charge is 0.494 e. The van der Waals surface area contributed by atoms with Gasteiger partial charge < -0.3 is 14.9 Å². The van der Waals surface area contributed by atoms with Gasteiger partial charge in [-0.15, -0.1) is 0 Å². The Hall–Kier alpha value is -1.81. The van der Waals surface area contributed by atoms with Crippen LogP contribution in [0.25, 0.3) is 0 Å². The second kappa shape index (κ2) is 5.01. The van der Waals surface area contributed by atoms with Gasteiger partial charge in [-0.3, -0.25) is 0 Å². The molecule has 0 amide bonds. The summed E-state index contributed by atoms with van der Waals surface area (Å²) in [6.07, 6.45) is 3.73. The fourth-order valence-electron chi connectivity index (χ4n) is 1.69. The van der Waals surface area contributed by atoms with Gasteiger partial charge in [0.05, 0.1) is 19.6 Å². The highest BCUT2D eigenvalue weighted by atomic mass is 19.1. The van der Waals surface area contributed by atoms with Crippen LogP contribution in [0.3, 0.4) is 0 Å². The molecule has 1 atom stereocenters. The van der Waals surface area contributed by atoms with Crippen molar-refractivity contribution in [1.82, 2.24) is 0 Å². The van der Waals surface area contributed by atoms with Gasteiger partial charge in [0, 0.05) is 11.6 Å². The smallest absolute Gasteiger partial charge is 0.165 e. The van der Waals surface area contributed by atoms with E-state index in [1.54, 1.807) is 18.6 Å². The van der Waals surface area contributed by atoms with Crippen LogP contribution in [-0.4, -0.2) is 7.11 Å². The van der Waals surface area contributed by atoms with Crippen molar-refractivity contribution < 1.29 is 13.5 Å². The van der Waals surface area contributed by atoms with Crippen molar-refractivity contribution >= 4 is 0 Å². The number of benzene rings is 1. The molecule has 0 aliphatic heterocycles. The van der Waals surface area contributed by atoms with E-state index in [2.05, 4.69) is 0 Å². The average molecular weight is 235 g/mol. The number of methoxy groups -OCH3 is 1. The first-order chi connectivity index (χ1) is 8.20. The predicted molar refractivity (Wildman–Crippen MR) is 62.3 cm³/mol. The number of hydrogen-bond acceptors (Lipinski definition) is 3. The van der Waals surface area contributed by atoms with Crippen molar-refractivity contribution in [3.8, 4) is 5.75 Å². The van der Waals surface area contributed by atoms with Crippen molar-refractivity contribution in [2.24, 2.45) is 5.73 Å². The summed E-state index contributed by atoms with van der Waals surface area (Å²) in [6, 6.07) is 6.47. The molecule has 2 N–H and O–H groups in total. The third-order valence-corrected chi connectivity index (χ3v) is 2.64. The molecule has 0 saturated heterocycles. The van der Waals surface area contributed by atoms with E-state index in [1.165, 1.54) is 13.2 Å². The molecule has 0 aliphatic carbocycles. The fourth-order valence-corrected chi connectivity index (χ4v) is 1.69. The second-order valence-corrected chi connectivity index (χ2v) is 3.84. The van der Waals surface area contributed by atoms with E-state index in [9.17, 15) is 4.39 Å². The number of furan rings is 1. The standard InChI is InChI=1S/C13H14FNO2/c1-16-13-3-2-9(6-11(13)14)7-12(15)10-4-5-17-8-10/h2-6,8,12H,7,15H2,1H3. The van der Waals surface area contributed by atoms with Gasteiger partial charge in [0.2, 0.25) is 0 Å². The molecule has 0 aliphatic rings. The highest BCUT2D eigenvalue weighted by molar-refractivity contribution is 5.30. The monoisotopic (exact) mass is 235 g/mol. The summed E-state index contributed by atoms with van der Waals surface area (Å²) >= 11 is 0. The first kappa shape index (κ1) is 11.7. The normalized spacial score (nSPS) is 12.4. The summed E-state index contributed by atoms with van der Waals surface area (Å²) in [4.78, 5) is 0. The van der Waals surface area contributed by atoms with Gasteiger partial charge in [-0.05, 0) is 30.2 Å². The van der Waals surface area contributed by atoms with Crippen LogP contribution >= 0.6 is 0 Å². The van der Waals surface area contributed by atoms with Crippen LogP contribution in [-0.2, 0) is 6.42 Å². The highest BCUT2D eigenvalue weighted by Gasteiger charge is 2.10. The minimum absolute atomic E-state index is 0.193.